The third-order valence-corrected chi connectivity index (χ3v) is 4.97. The molecule has 0 heterocycles. The Hall–Kier alpha value is -3.12. The zero-order valence-electron chi connectivity index (χ0n) is 14.8. The van der Waals surface area contributed by atoms with Crippen LogP contribution in [0.15, 0.2) is 66.7 Å². The van der Waals surface area contributed by atoms with E-state index < -0.39 is 11.8 Å². The van der Waals surface area contributed by atoms with E-state index in [1.54, 1.807) is 48.5 Å². The molecule has 1 atom stereocenters. The molecule has 3 nitrogen and oxygen atoms in total. The van der Waals surface area contributed by atoms with Gasteiger partial charge in [0.1, 0.15) is 0 Å². The molecule has 4 rings (SSSR count). The van der Waals surface area contributed by atoms with Crippen molar-refractivity contribution < 1.29 is 23.1 Å². The minimum Gasteiger partial charge on any atom is -0.372 e. The molecule has 0 aromatic heterocycles. The first-order valence-corrected chi connectivity index (χ1v) is 8.63. The van der Waals surface area contributed by atoms with Crippen LogP contribution in [0.5, 0.6) is 0 Å². The van der Waals surface area contributed by atoms with E-state index >= 15 is 0 Å². The van der Waals surface area contributed by atoms with Gasteiger partial charge in [-0.2, -0.15) is 13.2 Å². The van der Waals surface area contributed by atoms with Crippen molar-refractivity contribution in [2.24, 2.45) is 0 Å². The standard InChI is InChI=1S/C22H16F3NO2/c1-13(27)26-16-9-6-14(7-10-16)15-8-11-18-17-4-2-3-5-19(17)21(28,20(18)12-15)22(23,24)25/h2-12,28H,1H3,(H,26,27). The molecular formula is C22H16F3NO2. The van der Waals surface area contributed by atoms with Crippen molar-refractivity contribution in [2.75, 3.05) is 5.32 Å². The van der Waals surface area contributed by atoms with Gasteiger partial charge in [0.25, 0.3) is 0 Å². The third kappa shape index (κ3) is 2.68. The minimum atomic E-state index is -4.86. The number of rotatable bonds is 2. The van der Waals surface area contributed by atoms with Crippen LogP contribution >= 0.6 is 0 Å². The van der Waals surface area contributed by atoms with E-state index in [-0.39, 0.29) is 17.0 Å². The molecule has 6 heteroatoms. The number of anilines is 1. The van der Waals surface area contributed by atoms with Crippen LogP contribution in [-0.2, 0) is 10.4 Å². The van der Waals surface area contributed by atoms with Gasteiger partial charge in [0.2, 0.25) is 11.5 Å². The number of fused-ring (bicyclic) bond motifs is 3. The highest BCUT2D eigenvalue weighted by Gasteiger charge is 2.60. The number of carbonyl (C=O) groups excluding carboxylic acids is 1. The van der Waals surface area contributed by atoms with Gasteiger partial charge in [-0.25, -0.2) is 0 Å². The molecule has 0 saturated heterocycles. The Morgan fingerprint density at radius 1 is 0.893 bits per heavy atom. The summed E-state index contributed by atoms with van der Waals surface area (Å²) in [6.45, 7) is 1.39. The van der Waals surface area contributed by atoms with Gasteiger partial charge in [-0.15, -0.1) is 0 Å². The molecule has 1 unspecified atom stereocenters. The first-order chi connectivity index (χ1) is 13.2. The fourth-order valence-corrected chi connectivity index (χ4v) is 3.69. The highest BCUT2D eigenvalue weighted by molar-refractivity contribution is 5.89. The van der Waals surface area contributed by atoms with Crippen molar-refractivity contribution in [1.82, 2.24) is 0 Å². The largest absolute Gasteiger partial charge is 0.425 e. The lowest BCUT2D eigenvalue weighted by molar-refractivity contribution is -0.246. The zero-order valence-corrected chi connectivity index (χ0v) is 14.8. The third-order valence-electron chi connectivity index (χ3n) is 4.97. The summed E-state index contributed by atoms with van der Waals surface area (Å²) in [5.41, 5.74) is -0.817. The SMILES string of the molecule is CC(=O)Nc1ccc(-c2ccc3c(c2)C(O)(C(F)(F)F)c2ccccc2-3)cc1. The van der Waals surface area contributed by atoms with Crippen LogP contribution in [0.1, 0.15) is 18.1 Å². The maximum atomic E-state index is 13.9. The summed E-state index contributed by atoms with van der Waals surface area (Å²) in [6.07, 6.45) is -4.86. The predicted octanol–water partition coefficient (Wildman–Crippen LogP) is 5.09. The number of hydrogen-bond acceptors (Lipinski definition) is 2. The normalized spacial score (nSPS) is 17.8. The lowest BCUT2D eigenvalue weighted by atomic mass is 9.89. The fourth-order valence-electron chi connectivity index (χ4n) is 3.69. The van der Waals surface area contributed by atoms with E-state index in [4.69, 9.17) is 0 Å². The number of hydrogen-bond donors (Lipinski definition) is 2. The van der Waals surface area contributed by atoms with Gasteiger partial charge in [-0.3, -0.25) is 4.79 Å². The van der Waals surface area contributed by atoms with Gasteiger partial charge in [-0.05, 0) is 40.5 Å². The van der Waals surface area contributed by atoms with E-state index in [0.717, 1.165) is 0 Å². The van der Waals surface area contributed by atoms with Crippen molar-refractivity contribution >= 4 is 11.6 Å². The number of alkyl halides is 3. The second-order valence-corrected chi connectivity index (χ2v) is 6.77. The molecule has 0 fully saturated rings. The molecule has 0 saturated carbocycles. The monoisotopic (exact) mass is 383 g/mol. The smallest absolute Gasteiger partial charge is 0.372 e. The number of halogens is 3. The average molecular weight is 383 g/mol. The van der Waals surface area contributed by atoms with Crippen molar-refractivity contribution in [2.45, 2.75) is 18.7 Å². The number of carbonyl (C=O) groups is 1. The molecule has 142 valence electrons. The lowest BCUT2D eigenvalue weighted by Crippen LogP contribution is -2.41. The van der Waals surface area contributed by atoms with Gasteiger partial charge in [0.05, 0.1) is 0 Å². The summed E-state index contributed by atoms with van der Waals surface area (Å²) in [5, 5.41) is 13.4. The Balaban J connectivity index is 1.84. The van der Waals surface area contributed by atoms with Crippen molar-refractivity contribution in [3.05, 3.63) is 77.9 Å². The Labute approximate surface area is 159 Å². The van der Waals surface area contributed by atoms with Crippen LogP contribution in [0.4, 0.5) is 18.9 Å². The number of benzene rings is 3. The van der Waals surface area contributed by atoms with Crippen LogP contribution in [0.2, 0.25) is 0 Å². The van der Waals surface area contributed by atoms with Gasteiger partial charge in [0, 0.05) is 23.7 Å². The van der Waals surface area contributed by atoms with E-state index in [1.165, 1.54) is 25.1 Å². The van der Waals surface area contributed by atoms with Crippen LogP contribution < -0.4 is 5.32 Å². The summed E-state index contributed by atoms with van der Waals surface area (Å²) in [7, 11) is 0. The molecular weight excluding hydrogens is 367 g/mol. The summed E-state index contributed by atoms with van der Waals surface area (Å²) in [4.78, 5) is 11.1. The predicted molar refractivity (Wildman–Crippen MR) is 101 cm³/mol. The summed E-state index contributed by atoms with van der Waals surface area (Å²) < 4.78 is 41.8. The van der Waals surface area contributed by atoms with E-state index in [0.29, 0.717) is 27.9 Å². The van der Waals surface area contributed by atoms with Crippen LogP contribution in [0, 0.1) is 0 Å². The molecule has 0 spiro atoms. The van der Waals surface area contributed by atoms with Crippen LogP contribution in [-0.4, -0.2) is 17.2 Å². The first kappa shape index (κ1) is 18.3. The zero-order chi connectivity index (χ0) is 20.1. The second-order valence-electron chi connectivity index (χ2n) is 6.77. The molecule has 0 radical (unpaired) electrons. The van der Waals surface area contributed by atoms with E-state index in [1.807, 2.05) is 0 Å². The molecule has 1 amide bonds. The molecule has 0 bridgehead atoms. The van der Waals surface area contributed by atoms with Gasteiger partial charge in [0.15, 0.2) is 0 Å². The molecule has 28 heavy (non-hydrogen) atoms. The first-order valence-electron chi connectivity index (χ1n) is 8.63. The number of aliphatic hydroxyl groups is 1. The molecule has 3 aromatic rings. The summed E-state index contributed by atoms with van der Waals surface area (Å²) >= 11 is 0. The van der Waals surface area contributed by atoms with Gasteiger partial charge in [-0.1, -0.05) is 48.5 Å². The topological polar surface area (TPSA) is 49.3 Å². The minimum absolute atomic E-state index is 0.157. The number of nitrogens with one attached hydrogen (secondary N) is 1. The molecule has 2 N–H and O–H groups in total. The molecule has 1 aliphatic rings. The molecule has 3 aromatic carbocycles. The average Bonchev–Trinajstić information content (AvgIpc) is 2.92. The Bertz CT molecular complexity index is 1070. The van der Waals surface area contributed by atoms with Crippen molar-refractivity contribution in [1.29, 1.82) is 0 Å². The molecule has 0 aliphatic heterocycles. The van der Waals surface area contributed by atoms with Crippen molar-refractivity contribution in [3.63, 3.8) is 0 Å². The summed E-state index contributed by atoms with van der Waals surface area (Å²) in [6, 6.07) is 17.5. The Kier molecular flexibility index (Phi) is 4.05. The highest BCUT2D eigenvalue weighted by atomic mass is 19.4. The quantitative estimate of drug-likeness (QED) is 0.648. The Morgan fingerprint density at radius 2 is 1.50 bits per heavy atom. The van der Waals surface area contributed by atoms with Crippen LogP contribution in [0.3, 0.4) is 0 Å². The fraction of sp³-hybridized carbons (Fsp3) is 0.136. The maximum Gasteiger partial charge on any atom is 0.425 e. The van der Waals surface area contributed by atoms with Gasteiger partial charge < -0.3 is 10.4 Å². The molecule has 1 aliphatic carbocycles. The maximum absolute atomic E-state index is 13.9. The Morgan fingerprint density at radius 3 is 2.14 bits per heavy atom. The lowest BCUT2D eigenvalue weighted by Gasteiger charge is -2.28. The second kappa shape index (κ2) is 6.21. The van der Waals surface area contributed by atoms with E-state index in [2.05, 4.69) is 5.32 Å². The van der Waals surface area contributed by atoms with Crippen molar-refractivity contribution in [3.8, 4) is 22.3 Å². The van der Waals surface area contributed by atoms with Crippen LogP contribution in [0.25, 0.3) is 22.3 Å². The highest BCUT2D eigenvalue weighted by Crippen LogP contribution is 2.55. The van der Waals surface area contributed by atoms with E-state index in [9.17, 15) is 23.1 Å². The summed E-state index contributed by atoms with van der Waals surface area (Å²) in [5.74, 6) is -0.210. The number of amides is 1. The van der Waals surface area contributed by atoms with Gasteiger partial charge >= 0.3 is 6.18 Å².